The zero-order chi connectivity index (χ0) is 21.8. The fraction of sp³-hybridized carbons (Fsp3) is 0.300. The topological polar surface area (TPSA) is 121 Å². The minimum Gasteiger partial charge on any atom is -0.508 e. The Kier molecular flexibility index (Phi) is 6.36. The molecule has 0 radical (unpaired) electrons. The van der Waals surface area contributed by atoms with E-state index < -0.39 is 0 Å². The van der Waals surface area contributed by atoms with Gasteiger partial charge in [-0.1, -0.05) is 17.4 Å². The molecule has 9 nitrogen and oxygen atoms in total. The molecule has 3 rings (SSSR count). The summed E-state index contributed by atoms with van der Waals surface area (Å²) < 4.78 is 1.55. The zero-order valence-electron chi connectivity index (χ0n) is 17.2. The molecule has 0 fully saturated rings. The van der Waals surface area contributed by atoms with Crippen molar-refractivity contribution in [3.63, 3.8) is 0 Å². The van der Waals surface area contributed by atoms with E-state index >= 15 is 0 Å². The van der Waals surface area contributed by atoms with Crippen molar-refractivity contribution in [1.82, 2.24) is 20.1 Å². The number of phenolic OH excluding ortho intramolecular Hbond substituents is 1. The summed E-state index contributed by atoms with van der Waals surface area (Å²) in [6.45, 7) is 8.04. The molecule has 0 saturated heterocycles. The van der Waals surface area contributed by atoms with Crippen LogP contribution in [0.1, 0.15) is 33.3 Å². The Morgan fingerprint density at radius 3 is 2.70 bits per heavy atom. The minimum absolute atomic E-state index is 0.114. The van der Waals surface area contributed by atoms with Gasteiger partial charge in [0, 0.05) is 23.9 Å². The van der Waals surface area contributed by atoms with Crippen LogP contribution in [0.5, 0.6) is 5.75 Å². The number of aromatic nitrogens is 3. The molecule has 2 aromatic heterocycles. The van der Waals surface area contributed by atoms with Gasteiger partial charge in [-0.25, -0.2) is 4.98 Å². The van der Waals surface area contributed by atoms with Gasteiger partial charge >= 0.3 is 0 Å². The summed E-state index contributed by atoms with van der Waals surface area (Å²) in [5.74, 6) is 0.273. The summed E-state index contributed by atoms with van der Waals surface area (Å²) in [6, 6.07) is 3.35. The number of hydrogen-bond acceptors (Lipinski definition) is 7. The number of rotatable bonds is 7. The molecule has 0 aliphatic carbocycles. The molecule has 0 spiro atoms. The third kappa shape index (κ3) is 4.77. The van der Waals surface area contributed by atoms with Crippen LogP contribution in [0.25, 0.3) is 0 Å². The summed E-state index contributed by atoms with van der Waals surface area (Å²) in [4.78, 5) is 29.0. The molecule has 10 heteroatoms. The normalized spacial score (nSPS) is 10.7. The number of anilines is 3. The van der Waals surface area contributed by atoms with Crippen LogP contribution in [0.4, 0.5) is 16.6 Å². The van der Waals surface area contributed by atoms with Crippen LogP contribution in [0.3, 0.4) is 0 Å². The quantitative estimate of drug-likeness (QED) is 0.459. The van der Waals surface area contributed by atoms with Gasteiger partial charge in [0.25, 0.3) is 5.91 Å². The molecule has 3 aromatic rings. The number of carbonyl (C=O) groups excluding carboxylic acids is 2. The number of aryl methyl sites for hydroxylation is 2. The Morgan fingerprint density at radius 1 is 1.20 bits per heavy atom. The molecular weight excluding hydrogens is 404 g/mol. The first-order valence-corrected chi connectivity index (χ1v) is 10.2. The largest absolute Gasteiger partial charge is 0.508 e. The molecule has 158 valence electrons. The SMILES string of the molecule is CCNC(=O)Cn1cc(C)c(Nc2ncc(C(=O)Nc3c(C)ccc(O)c3C)s2)n1. The molecule has 2 amide bonds. The third-order valence-electron chi connectivity index (χ3n) is 4.46. The lowest BCUT2D eigenvalue weighted by Crippen LogP contribution is -2.27. The summed E-state index contributed by atoms with van der Waals surface area (Å²) in [5.41, 5.74) is 2.91. The van der Waals surface area contributed by atoms with Gasteiger partial charge in [0.1, 0.15) is 17.2 Å². The van der Waals surface area contributed by atoms with E-state index in [-0.39, 0.29) is 24.1 Å². The summed E-state index contributed by atoms with van der Waals surface area (Å²) in [5, 5.41) is 23.4. The number of hydrogen-bond donors (Lipinski definition) is 4. The van der Waals surface area contributed by atoms with E-state index in [2.05, 4.69) is 26.0 Å². The summed E-state index contributed by atoms with van der Waals surface area (Å²) in [7, 11) is 0. The monoisotopic (exact) mass is 428 g/mol. The van der Waals surface area contributed by atoms with Gasteiger partial charge in [-0.05, 0) is 39.3 Å². The third-order valence-corrected chi connectivity index (χ3v) is 5.37. The lowest BCUT2D eigenvalue weighted by Gasteiger charge is -2.11. The fourth-order valence-corrected chi connectivity index (χ4v) is 3.58. The Balaban J connectivity index is 1.70. The predicted molar refractivity (Wildman–Crippen MR) is 117 cm³/mol. The molecule has 0 saturated carbocycles. The summed E-state index contributed by atoms with van der Waals surface area (Å²) in [6.07, 6.45) is 3.25. The Hall–Kier alpha value is -3.40. The first kappa shape index (κ1) is 21.3. The molecule has 1 aromatic carbocycles. The standard InChI is InChI=1S/C20H24N6O3S/c1-5-21-16(28)10-26-9-12(3)18(25-26)24-20-22-8-15(30-20)19(29)23-17-11(2)6-7-14(27)13(17)4/h6-9,27H,5,10H2,1-4H3,(H,21,28)(H,23,29)(H,22,24,25). The second-order valence-electron chi connectivity index (χ2n) is 6.82. The van der Waals surface area contributed by atoms with Crippen LogP contribution in [0, 0.1) is 20.8 Å². The van der Waals surface area contributed by atoms with Crippen molar-refractivity contribution in [2.45, 2.75) is 34.2 Å². The van der Waals surface area contributed by atoms with E-state index in [0.717, 1.165) is 11.1 Å². The van der Waals surface area contributed by atoms with Crippen LogP contribution in [-0.4, -0.2) is 38.2 Å². The first-order chi connectivity index (χ1) is 14.3. The zero-order valence-corrected chi connectivity index (χ0v) is 18.1. The van der Waals surface area contributed by atoms with Crippen LogP contribution in [0.2, 0.25) is 0 Å². The molecule has 2 heterocycles. The van der Waals surface area contributed by atoms with Gasteiger partial charge in [0.05, 0.1) is 11.9 Å². The Bertz CT molecular complexity index is 1090. The Morgan fingerprint density at radius 2 is 1.97 bits per heavy atom. The number of carbonyl (C=O) groups is 2. The van der Waals surface area contributed by atoms with Crippen LogP contribution in [-0.2, 0) is 11.3 Å². The number of nitrogens with one attached hydrogen (secondary N) is 3. The molecular formula is C20H24N6O3S. The van der Waals surface area contributed by atoms with Crippen molar-refractivity contribution >= 4 is 39.8 Å². The first-order valence-electron chi connectivity index (χ1n) is 9.42. The van der Waals surface area contributed by atoms with Crippen molar-refractivity contribution in [1.29, 1.82) is 0 Å². The van der Waals surface area contributed by atoms with E-state index in [1.54, 1.807) is 29.9 Å². The molecule has 30 heavy (non-hydrogen) atoms. The van der Waals surface area contributed by atoms with Crippen molar-refractivity contribution < 1.29 is 14.7 Å². The van der Waals surface area contributed by atoms with Gasteiger partial charge in [0.15, 0.2) is 10.9 Å². The average Bonchev–Trinajstić information content (AvgIpc) is 3.29. The van der Waals surface area contributed by atoms with Crippen molar-refractivity contribution in [2.24, 2.45) is 0 Å². The molecule has 4 N–H and O–H groups in total. The number of aromatic hydroxyl groups is 1. The van der Waals surface area contributed by atoms with Crippen molar-refractivity contribution in [3.8, 4) is 5.75 Å². The van der Waals surface area contributed by atoms with Crippen molar-refractivity contribution in [2.75, 3.05) is 17.2 Å². The van der Waals surface area contributed by atoms with Gasteiger partial charge in [-0.3, -0.25) is 14.3 Å². The average molecular weight is 429 g/mol. The van der Waals surface area contributed by atoms with E-state index in [1.807, 2.05) is 20.8 Å². The minimum atomic E-state index is -0.309. The molecule has 0 bridgehead atoms. The molecule has 0 unspecified atom stereocenters. The lowest BCUT2D eigenvalue weighted by atomic mass is 10.1. The van der Waals surface area contributed by atoms with Crippen LogP contribution < -0.4 is 16.0 Å². The maximum Gasteiger partial charge on any atom is 0.267 e. The van der Waals surface area contributed by atoms with Crippen molar-refractivity contribution in [3.05, 3.63) is 46.1 Å². The predicted octanol–water partition coefficient (Wildman–Crippen LogP) is 3.10. The van der Waals surface area contributed by atoms with Gasteiger partial charge in [-0.2, -0.15) is 5.10 Å². The molecule has 0 aliphatic heterocycles. The molecule has 0 aliphatic rings. The van der Waals surface area contributed by atoms with Crippen LogP contribution >= 0.6 is 11.3 Å². The highest BCUT2D eigenvalue weighted by Crippen LogP contribution is 2.29. The van der Waals surface area contributed by atoms with Gasteiger partial charge in [-0.15, -0.1) is 0 Å². The smallest absolute Gasteiger partial charge is 0.267 e. The number of likely N-dealkylation sites (N-methyl/N-ethyl adjacent to an activating group) is 1. The van der Waals surface area contributed by atoms with E-state index in [0.29, 0.717) is 33.6 Å². The fourth-order valence-electron chi connectivity index (χ4n) is 2.87. The second-order valence-corrected chi connectivity index (χ2v) is 7.85. The van der Waals surface area contributed by atoms with E-state index in [4.69, 9.17) is 0 Å². The highest BCUT2D eigenvalue weighted by molar-refractivity contribution is 7.17. The number of amides is 2. The van der Waals surface area contributed by atoms with E-state index in [1.165, 1.54) is 17.5 Å². The number of benzene rings is 1. The highest BCUT2D eigenvalue weighted by atomic mass is 32.1. The number of nitrogens with zero attached hydrogens (tertiary/aromatic N) is 3. The maximum atomic E-state index is 12.6. The van der Waals surface area contributed by atoms with Gasteiger partial charge < -0.3 is 21.1 Å². The molecule has 0 atom stereocenters. The van der Waals surface area contributed by atoms with Gasteiger partial charge in [0.2, 0.25) is 5.91 Å². The number of phenols is 1. The highest BCUT2D eigenvalue weighted by Gasteiger charge is 2.16. The second kappa shape index (κ2) is 8.95. The maximum absolute atomic E-state index is 12.6. The Labute approximate surface area is 178 Å². The number of thiazole rings is 1. The summed E-state index contributed by atoms with van der Waals surface area (Å²) >= 11 is 1.19. The lowest BCUT2D eigenvalue weighted by molar-refractivity contribution is -0.121. The van der Waals surface area contributed by atoms with E-state index in [9.17, 15) is 14.7 Å². The van der Waals surface area contributed by atoms with Crippen LogP contribution in [0.15, 0.2) is 24.5 Å².